The van der Waals surface area contributed by atoms with E-state index < -0.39 is 0 Å². The maximum Gasteiger partial charge on any atom is 0.225 e. The second-order valence-electron chi connectivity index (χ2n) is 9.31. The zero-order valence-corrected chi connectivity index (χ0v) is 21.5. The van der Waals surface area contributed by atoms with E-state index in [1.54, 1.807) is 11.8 Å². The molecular weight excluding hydrogens is 436 g/mol. The van der Waals surface area contributed by atoms with Gasteiger partial charge >= 0.3 is 0 Å². The van der Waals surface area contributed by atoms with Crippen molar-refractivity contribution in [3.8, 4) is 11.5 Å². The van der Waals surface area contributed by atoms with E-state index in [0.717, 1.165) is 67.6 Å². The summed E-state index contributed by atoms with van der Waals surface area (Å²) in [5.41, 5.74) is 4.46. The smallest absolute Gasteiger partial charge is 0.225 e. The topological polar surface area (TPSA) is 42.0 Å². The Kier molecular flexibility index (Phi) is 9.69. The van der Waals surface area contributed by atoms with Crippen LogP contribution in [0.5, 0.6) is 11.5 Å². The number of allylic oxidation sites excluding steroid dienone is 3. The van der Waals surface area contributed by atoms with Crippen LogP contribution in [0.1, 0.15) is 82.8 Å². The Morgan fingerprint density at radius 1 is 1.31 bits per heavy atom. The number of hydrogen-bond donors (Lipinski definition) is 1. The van der Waals surface area contributed by atoms with Crippen LogP contribution in [-0.4, -0.2) is 28.0 Å². The van der Waals surface area contributed by atoms with Crippen molar-refractivity contribution in [2.75, 3.05) is 12.4 Å². The molecule has 1 aliphatic carbocycles. The van der Waals surface area contributed by atoms with E-state index >= 15 is 0 Å². The van der Waals surface area contributed by atoms with Gasteiger partial charge in [0, 0.05) is 17.2 Å². The van der Waals surface area contributed by atoms with Crippen LogP contribution >= 0.6 is 24.0 Å². The van der Waals surface area contributed by atoms with Crippen LogP contribution in [0.25, 0.3) is 0 Å². The van der Waals surface area contributed by atoms with Crippen molar-refractivity contribution < 1.29 is 14.6 Å². The van der Waals surface area contributed by atoms with E-state index in [-0.39, 0.29) is 11.8 Å². The van der Waals surface area contributed by atoms with Gasteiger partial charge in [-0.3, -0.25) is 0 Å². The van der Waals surface area contributed by atoms with Crippen LogP contribution < -0.4 is 4.74 Å². The lowest BCUT2D eigenvalue weighted by atomic mass is 9.73. The minimum absolute atomic E-state index is 0.0563. The molecule has 5 heteroatoms. The van der Waals surface area contributed by atoms with Gasteiger partial charge in [-0.1, -0.05) is 55.3 Å². The first-order valence-electron chi connectivity index (χ1n) is 12.0. The summed E-state index contributed by atoms with van der Waals surface area (Å²) >= 11 is 7.16. The first-order chi connectivity index (χ1) is 15.4. The quantitative estimate of drug-likeness (QED) is 0.154. The van der Waals surface area contributed by atoms with E-state index in [9.17, 15) is 5.11 Å². The third kappa shape index (κ3) is 7.36. The summed E-state index contributed by atoms with van der Waals surface area (Å²) in [7, 11) is 0. The number of thiocarbonyl (C=S) groups is 1. The third-order valence-corrected chi connectivity index (χ3v) is 7.70. The fourth-order valence-electron chi connectivity index (χ4n) is 4.54. The number of unbranched alkanes of at least 4 members (excludes halogenated alkanes) is 2. The summed E-state index contributed by atoms with van der Waals surface area (Å²) in [6.45, 7) is 11.6. The molecule has 1 aliphatic heterocycles. The summed E-state index contributed by atoms with van der Waals surface area (Å²) in [6.07, 6.45) is 11.4. The van der Waals surface area contributed by atoms with Crippen molar-refractivity contribution in [3.63, 3.8) is 0 Å². The van der Waals surface area contributed by atoms with Crippen LogP contribution in [-0.2, 0) is 11.2 Å². The molecule has 3 atom stereocenters. The lowest BCUT2D eigenvalue weighted by molar-refractivity contribution is 0.395. The summed E-state index contributed by atoms with van der Waals surface area (Å²) in [6, 6.07) is 4.03. The first kappa shape index (κ1) is 25.3. The molecule has 1 aromatic rings. The number of ether oxygens (including phenoxy) is 2. The molecule has 1 fully saturated rings. The number of hydrogen-bond acceptors (Lipinski definition) is 5. The van der Waals surface area contributed by atoms with Crippen molar-refractivity contribution in [1.82, 2.24) is 0 Å². The number of rotatable bonds is 11. The zero-order chi connectivity index (χ0) is 23.1. The predicted molar refractivity (Wildman–Crippen MR) is 140 cm³/mol. The molecular formula is C27H38O3S2. The van der Waals surface area contributed by atoms with Crippen molar-refractivity contribution in [3.05, 3.63) is 47.1 Å². The van der Waals surface area contributed by atoms with Crippen molar-refractivity contribution in [1.29, 1.82) is 0 Å². The number of epoxide rings is 1. The SMILES string of the molecule is C=C(C)C1CCC(C)=CC1c1c(O)cc(CCCCC)cc1OC(=S)SCCCC1CO1. The highest BCUT2D eigenvalue weighted by atomic mass is 32.2. The van der Waals surface area contributed by atoms with Gasteiger partial charge in [0.2, 0.25) is 4.38 Å². The molecule has 0 radical (unpaired) electrons. The predicted octanol–water partition coefficient (Wildman–Crippen LogP) is 7.72. The molecule has 0 saturated carbocycles. The lowest BCUT2D eigenvalue weighted by Gasteiger charge is -2.32. The Morgan fingerprint density at radius 2 is 2.09 bits per heavy atom. The average Bonchev–Trinajstić information content (AvgIpc) is 3.55. The fraction of sp³-hybridized carbons (Fsp3) is 0.593. The second-order valence-corrected chi connectivity index (χ2v) is 11.0. The van der Waals surface area contributed by atoms with Gasteiger partial charge in [0.25, 0.3) is 0 Å². The van der Waals surface area contributed by atoms with Gasteiger partial charge in [-0.05, 0) is 88.2 Å². The normalized spacial score (nSPS) is 22.3. The van der Waals surface area contributed by atoms with Crippen molar-refractivity contribution in [2.24, 2.45) is 5.92 Å². The Balaban J connectivity index is 1.83. The molecule has 0 aromatic heterocycles. The number of phenols is 1. The van der Waals surface area contributed by atoms with E-state index in [0.29, 0.717) is 22.0 Å². The van der Waals surface area contributed by atoms with Crippen LogP contribution in [0.2, 0.25) is 0 Å². The average molecular weight is 475 g/mol. The highest BCUT2D eigenvalue weighted by Gasteiger charge is 2.31. The maximum absolute atomic E-state index is 11.2. The minimum atomic E-state index is 0.0563. The summed E-state index contributed by atoms with van der Waals surface area (Å²) in [4.78, 5) is 0. The van der Waals surface area contributed by atoms with E-state index in [1.165, 1.54) is 18.4 Å². The standard InChI is InChI=1S/C27H38O3S2/c1-5-6-7-9-20-15-24(28)26(23-14-19(4)11-12-22(23)18(2)3)25(16-20)30-27(31)32-13-8-10-21-17-29-21/h14-16,21-23,28H,2,5-13,17H2,1,3-4H3. The largest absolute Gasteiger partial charge is 0.507 e. The molecule has 32 heavy (non-hydrogen) atoms. The summed E-state index contributed by atoms with van der Waals surface area (Å²) < 4.78 is 12.1. The molecule has 2 aliphatic rings. The Labute approximate surface area is 203 Å². The summed E-state index contributed by atoms with van der Waals surface area (Å²) in [5.74, 6) is 2.29. The van der Waals surface area contributed by atoms with Gasteiger partial charge in [-0.25, -0.2) is 0 Å². The molecule has 1 saturated heterocycles. The zero-order valence-electron chi connectivity index (χ0n) is 19.8. The molecule has 3 rings (SSSR count). The Bertz CT molecular complexity index is 842. The Hall–Kier alpha value is -1.30. The van der Waals surface area contributed by atoms with E-state index in [4.69, 9.17) is 21.7 Å². The highest BCUT2D eigenvalue weighted by molar-refractivity contribution is 8.22. The fourth-order valence-corrected chi connectivity index (χ4v) is 5.50. The number of phenolic OH excluding ortho intramolecular Hbond substituents is 1. The van der Waals surface area contributed by atoms with Crippen LogP contribution in [0, 0.1) is 5.92 Å². The minimum Gasteiger partial charge on any atom is -0.507 e. The monoisotopic (exact) mass is 474 g/mol. The molecule has 0 spiro atoms. The molecule has 1 aromatic carbocycles. The summed E-state index contributed by atoms with van der Waals surface area (Å²) in [5, 5.41) is 11.2. The molecule has 1 N–H and O–H groups in total. The first-order valence-corrected chi connectivity index (χ1v) is 13.4. The van der Waals surface area contributed by atoms with Gasteiger partial charge in [0.15, 0.2) is 0 Å². The molecule has 176 valence electrons. The van der Waals surface area contributed by atoms with Gasteiger partial charge < -0.3 is 14.6 Å². The third-order valence-electron chi connectivity index (χ3n) is 6.45. The molecule has 3 unspecified atom stereocenters. The molecule has 0 amide bonds. The number of benzene rings is 1. The van der Waals surface area contributed by atoms with Gasteiger partial charge in [0.1, 0.15) is 11.5 Å². The van der Waals surface area contributed by atoms with Gasteiger partial charge in [0.05, 0.1) is 12.7 Å². The van der Waals surface area contributed by atoms with Gasteiger partial charge in [-0.2, -0.15) is 0 Å². The lowest BCUT2D eigenvalue weighted by Crippen LogP contribution is -2.18. The van der Waals surface area contributed by atoms with E-state index in [1.807, 2.05) is 6.07 Å². The maximum atomic E-state index is 11.2. The second kappa shape index (κ2) is 12.2. The molecule has 3 nitrogen and oxygen atoms in total. The van der Waals surface area contributed by atoms with Gasteiger partial charge in [-0.15, -0.1) is 0 Å². The van der Waals surface area contributed by atoms with Crippen LogP contribution in [0.15, 0.2) is 35.9 Å². The molecule has 1 heterocycles. The van der Waals surface area contributed by atoms with Crippen molar-refractivity contribution in [2.45, 2.75) is 84.2 Å². The van der Waals surface area contributed by atoms with E-state index in [2.05, 4.69) is 39.5 Å². The highest BCUT2D eigenvalue weighted by Crippen LogP contribution is 2.47. The number of aryl methyl sites for hydroxylation is 1. The number of aromatic hydroxyl groups is 1. The molecule has 0 bridgehead atoms. The van der Waals surface area contributed by atoms with Crippen LogP contribution in [0.4, 0.5) is 0 Å². The van der Waals surface area contributed by atoms with Crippen LogP contribution in [0.3, 0.4) is 0 Å². The van der Waals surface area contributed by atoms with Crippen molar-refractivity contribution >= 4 is 28.4 Å². The number of thioether (sulfide) groups is 1. The Morgan fingerprint density at radius 3 is 2.78 bits per heavy atom.